The lowest BCUT2D eigenvalue weighted by Crippen LogP contribution is -2.53. The van der Waals surface area contributed by atoms with Crippen LogP contribution in [0.25, 0.3) is 11.1 Å². The summed E-state index contributed by atoms with van der Waals surface area (Å²) in [5.74, 6) is -0.372. The number of nitrogens with two attached hydrogens (primary N) is 1. The van der Waals surface area contributed by atoms with Crippen molar-refractivity contribution in [1.82, 2.24) is 14.9 Å². The number of fused-ring (bicyclic) bond motifs is 2. The van der Waals surface area contributed by atoms with Crippen molar-refractivity contribution in [3.05, 3.63) is 46.2 Å². The second kappa shape index (κ2) is 8.31. The number of halogens is 4. The van der Waals surface area contributed by atoms with Gasteiger partial charge in [-0.2, -0.15) is 18.2 Å². The Bertz CT molecular complexity index is 1260. The molecular weight excluding hydrogens is 475 g/mol. The Labute approximate surface area is 197 Å². The van der Waals surface area contributed by atoms with Crippen LogP contribution in [0.2, 0.25) is 5.02 Å². The number of oxazole rings is 1. The highest BCUT2D eigenvalue weighted by molar-refractivity contribution is 6.30. The number of anilines is 2. The number of nitrogen functional groups attached to an aromatic ring is 1. The maximum absolute atomic E-state index is 13.8. The predicted octanol–water partition coefficient (Wildman–Crippen LogP) is 3.83. The van der Waals surface area contributed by atoms with E-state index in [-0.39, 0.29) is 48.6 Å². The summed E-state index contributed by atoms with van der Waals surface area (Å²) in [5, 5.41) is 0.0279. The van der Waals surface area contributed by atoms with Crippen molar-refractivity contribution in [3.63, 3.8) is 0 Å². The number of rotatable bonds is 2. The molecule has 1 saturated heterocycles. The number of nitrogens with zero attached hydrogens (tertiary/aromatic N) is 4. The minimum absolute atomic E-state index is 0.00603. The first-order valence-electron chi connectivity index (χ1n) is 10.7. The van der Waals surface area contributed by atoms with Crippen molar-refractivity contribution in [2.75, 3.05) is 36.9 Å². The van der Waals surface area contributed by atoms with Crippen LogP contribution in [-0.4, -0.2) is 53.1 Å². The topological polar surface area (TPSA) is 97.7 Å². The molecule has 2 aromatic heterocycles. The summed E-state index contributed by atoms with van der Waals surface area (Å²) in [6.45, 7) is 2.77. The van der Waals surface area contributed by atoms with Gasteiger partial charge in [0.25, 0.3) is 11.9 Å². The lowest BCUT2D eigenvalue weighted by atomic mass is 9.88. The smallest absolute Gasteiger partial charge is 0.416 e. The van der Waals surface area contributed by atoms with E-state index in [4.69, 9.17) is 26.5 Å². The van der Waals surface area contributed by atoms with Crippen LogP contribution in [0, 0.1) is 0 Å². The van der Waals surface area contributed by atoms with Crippen LogP contribution in [0.3, 0.4) is 0 Å². The zero-order valence-corrected chi connectivity index (χ0v) is 18.9. The molecule has 34 heavy (non-hydrogen) atoms. The van der Waals surface area contributed by atoms with Crippen LogP contribution in [0.5, 0.6) is 0 Å². The van der Waals surface area contributed by atoms with Crippen molar-refractivity contribution >= 4 is 40.3 Å². The number of morpholine rings is 1. The summed E-state index contributed by atoms with van der Waals surface area (Å²) in [6.07, 6.45) is -2.06. The SMILES string of the molecule is C[C@@H]1c2c(cc(Cl)cc2C(F)(F)F)CCN1C(=O)[C@H]1CN(c2cncc3nc(N)oc23)CCO1. The molecule has 180 valence electrons. The van der Waals surface area contributed by atoms with Gasteiger partial charge in [0.2, 0.25) is 0 Å². The third-order valence-corrected chi connectivity index (χ3v) is 6.52. The molecule has 8 nitrogen and oxygen atoms in total. The van der Waals surface area contributed by atoms with Gasteiger partial charge in [-0.15, -0.1) is 0 Å². The van der Waals surface area contributed by atoms with E-state index >= 15 is 0 Å². The Morgan fingerprint density at radius 1 is 1.26 bits per heavy atom. The fourth-order valence-corrected chi connectivity index (χ4v) is 5.03. The number of hydrogen-bond acceptors (Lipinski definition) is 7. The van der Waals surface area contributed by atoms with Crippen LogP contribution in [0.15, 0.2) is 28.9 Å². The summed E-state index contributed by atoms with van der Waals surface area (Å²) in [7, 11) is 0. The molecule has 0 spiro atoms. The van der Waals surface area contributed by atoms with E-state index in [1.165, 1.54) is 11.1 Å². The third-order valence-electron chi connectivity index (χ3n) is 6.31. The van der Waals surface area contributed by atoms with E-state index in [0.29, 0.717) is 28.9 Å². The van der Waals surface area contributed by atoms with Crippen LogP contribution >= 0.6 is 11.6 Å². The largest absolute Gasteiger partial charge is 0.421 e. The zero-order valence-electron chi connectivity index (χ0n) is 18.1. The van der Waals surface area contributed by atoms with Crippen LogP contribution in [0.4, 0.5) is 24.9 Å². The molecular formula is C22H21ClF3N5O3. The van der Waals surface area contributed by atoms with E-state index in [1.807, 2.05) is 4.90 Å². The first-order chi connectivity index (χ1) is 16.1. The molecule has 2 atom stereocenters. The second-order valence-corrected chi connectivity index (χ2v) is 8.78. The molecule has 2 aliphatic heterocycles. The van der Waals surface area contributed by atoms with Crippen LogP contribution < -0.4 is 10.6 Å². The van der Waals surface area contributed by atoms with Gasteiger partial charge in [0.15, 0.2) is 11.7 Å². The molecule has 0 saturated carbocycles. The highest BCUT2D eigenvalue weighted by Gasteiger charge is 2.41. The summed E-state index contributed by atoms with van der Waals surface area (Å²) in [4.78, 5) is 25.0. The zero-order chi connectivity index (χ0) is 24.2. The predicted molar refractivity (Wildman–Crippen MR) is 118 cm³/mol. The lowest BCUT2D eigenvalue weighted by Gasteiger charge is -2.41. The van der Waals surface area contributed by atoms with Crippen molar-refractivity contribution in [1.29, 1.82) is 0 Å². The number of carbonyl (C=O) groups is 1. The van der Waals surface area contributed by atoms with Gasteiger partial charge in [-0.3, -0.25) is 9.78 Å². The van der Waals surface area contributed by atoms with E-state index in [1.54, 1.807) is 19.2 Å². The Morgan fingerprint density at radius 2 is 2.06 bits per heavy atom. The average Bonchev–Trinajstić information content (AvgIpc) is 3.18. The highest BCUT2D eigenvalue weighted by Crippen LogP contribution is 2.42. The van der Waals surface area contributed by atoms with Gasteiger partial charge in [-0.25, -0.2) is 0 Å². The summed E-state index contributed by atoms with van der Waals surface area (Å²) in [5.41, 5.74) is 7.00. The molecule has 0 radical (unpaired) electrons. The molecule has 2 aliphatic rings. The number of alkyl halides is 3. The third kappa shape index (κ3) is 3.92. The average molecular weight is 496 g/mol. The molecule has 1 fully saturated rings. The van der Waals surface area contributed by atoms with Crippen molar-refractivity contribution in [2.45, 2.75) is 31.7 Å². The molecule has 0 aliphatic carbocycles. The number of benzene rings is 1. The number of hydrogen-bond donors (Lipinski definition) is 1. The minimum atomic E-state index is -4.59. The standard InChI is InChI=1S/C22H21ClF3N5O3/c1-11-18-12(6-13(23)7-14(18)22(24,25)26)2-3-31(11)20(32)17-10-30(4-5-33-17)16-9-28-8-15-19(16)34-21(27)29-15/h6-9,11,17H,2-5,10H2,1H3,(H2,27,29)/t11-,17-/m1/s1. The van der Waals surface area contributed by atoms with Crippen molar-refractivity contribution in [3.8, 4) is 0 Å². The quantitative estimate of drug-likeness (QED) is 0.577. The van der Waals surface area contributed by atoms with E-state index < -0.39 is 23.9 Å². The van der Waals surface area contributed by atoms with E-state index in [2.05, 4.69) is 9.97 Å². The van der Waals surface area contributed by atoms with Gasteiger partial charge < -0.3 is 24.7 Å². The molecule has 0 unspecified atom stereocenters. The maximum Gasteiger partial charge on any atom is 0.416 e. The van der Waals surface area contributed by atoms with Gasteiger partial charge in [-0.1, -0.05) is 11.6 Å². The molecule has 0 bridgehead atoms. The Balaban J connectivity index is 1.41. The van der Waals surface area contributed by atoms with Gasteiger partial charge >= 0.3 is 6.18 Å². The van der Waals surface area contributed by atoms with E-state index in [0.717, 1.165) is 6.07 Å². The molecule has 1 aromatic carbocycles. The molecule has 1 amide bonds. The lowest BCUT2D eigenvalue weighted by molar-refractivity contribution is -0.149. The molecule has 3 aromatic rings. The fourth-order valence-electron chi connectivity index (χ4n) is 4.79. The Kier molecular flexibility index (Phi) is 5.56. The second-order valence-electron chi connectivity index (χ2n) is 8.35. The van der Waals surface area contributed by atoms with Gasteiger partial charge in [0.1, 0.15) is 11.2 Å². The monoisotopic (exact) mass is 495 g/mol. The normalized spacial score (nSPS) is 21.1. The number of aromatic nitrogens is 2. The number of carbonyl (C=O) groups excluding carboxylic acids is 1. The summed E-state index contributed by atoms with van der Waals surface area (Å²) >= 11 is 5.94. The minimum Gasteiger partial charge on any atom is -0.421 e. The highest BCUT2D eigenvalue weighted by atomic mass is 35.5. The molecule has 4 heterocycles. The molecule has 5 rings (SSSR count). The fraction of sp³-hybridized carbons (Fsp3) is 0.409. The maximum atomic E-state index is 13.8. The van der Waals surface area contributed by atoms with Crippen LogP contribution in [0.1, 0.15) is 29.7 Å². The van der Waals surface area contributed by atoms with E-state index in [9.17, 15) is 18.0 Å². The number of amides is 1. The van der Waals surface area contributed by atoms with Crippen LogP contribution in [-0.2, 0) is 22.1 Å². The first kappa shape index (κ1) is 22.7. The summed E-state index contributed by atoms with van der Waals surface area (Å²) < 4.78 is 52.5. The van der Waals surface area contributed by atoms with Gasteiger partial charge in [0, 0.05) is 18.1 Å². The number of ether oxygens (including phenoxy) is 1. The number of pyridine rings is 1. The van der Waals surface area contributed by atoms with Crippen molar-refractivity contribution < 1.29 is 27.1 Å². The summed E-state index contributed by atoms with van der Waals surface area (Å²) in [6, 6.07) is 1.68. The molecule has 2 N–H and O–H groups in total. The van der Waals surface area contributed by atoms with Gasteiger partial charge in [-0.05, 0) is 36.6 Å². The van der Waals surface area contributed by atoms with Gasteiger partial charge in [0.05, 0.1) is 37.2 Å². The van der Waals surface area contributed by atoms with Crippen molar-refractivity contribution in [2.24, 2.45) is 0 Å². The molecule has 12 heteroatoms. The first-order valence-corrected chi connectivity index (χ1v) is 11.1. The Hall–Kier alpha value is -3.05. The Morgan fingerprint density at radius 3 is 2.82 bits per heavy atom.